The van der Waals surface area contributed by atoms with Crippen molar-refractivity contribution in [2.45, 2.75) is 13.0 Å². The normalized spacial score (nSPS) is 13.8. The highest BCUT2D eigenvalue weighted by molar-refractivity contribution is 6.04. The summed E-state index contributed by atoms with van der Waals surface area (Å²) in [5.41, 5.74) is 2.00. The monoisotopic (exact) mass is 321 g/mol. The minimum Gasteiger partial charge on any atom is -0.508 e. The number of phenols is 1. The van der Waals surface area contributed by atoms with E-state index < -0.39 is 0 Å². The molecule has 1 amide bonds. The topological polar surface area (TPSA) is 86.3 Å². The quantitative estimate of drug-likeness (QED) is 0.716. The Hall–Kier alpha value is -3.15. The van der Waals surface area contributed by atoms with Gasteiger partial charge < -0.3 is 10.0 Å². The first-order chi connectivity index (χ1) is 11.6. The molecule has 0 unspecified atom stereocenters. The van der Waals surface area contributed by atoms with Gasteiger partial charge in [-0.15, -0.1) is 0 Å². The molecule has 0 saturated carbocycles. The largest absolute Gasteiger partial charge is 0.508 e. The molecule has 2 aromatic carbocycles. The fraction of sp³-hybridized carbons (Fsp3) is 0.167. The molecule has 0 fully saturated rings. The number of nitrogens with zero attached hydrogens (tertiary/aromatic N) is 2. The van der Waals surface area contributed by atoms with Crippen molar-refractivity contribution >= 4 is 16.7 Å². The lowest BCUT2D eigenvalue weighted by Gasteiger charge is -2.28. The zero-order chi connectivity index (χ0) is 16.7. The standard InChI is InChI=1S/C18H15N3O3/c22-13-6-5-11-7-8-21(10-12(11)9-13)18(24)16-14-3-1-2-4-15(14)17(23)20-19-16/h1-6,9,22H,7-8,10H2,(H,20,23). The van der Waals surface area contributed by atoms with Crippen LogP contribution in [-0.4, -0.2) is 32.7 Å². The molecule has 0 spiro atoms. The van der Waals surface area contributed by atoms with Gasteiger partial charge in [-0.2, -0.15) is 5.10 Å². The molecule has 1 aliphatic heterocycles. The van der Waals surface area contributed by atoms with Gasteiger partial charge in [0.1, 0.15) is 5.75 Å². The maximum Gasteiger partial charge on any atom is 0.275 e. The lowest BCUT2D eigenvalue weighted by molar-refractivity contribution is 0.0729. The van der Waals surface area contributed by atoms with E-state index in [1.54, 1.807) is 41.3 Å². The van der Waals surface area contributed by atoms with Crippen molar-refractivity contribution in [3.05, 3.63) is 69.6 Å². The maximum atomic E-state index is 12.9. The fourth-order valence-corrected chi connectivity index (χ4v) is 3.14. The van der Waals surface area contributed by atoms with Crippen LogP contribution in [0.25, 0.3) is 10.8 Å². The molecule has 2 heterocycles. The molecule has 1 aromatic heterocycles. The third-order valence-electron chi connectivity index (χ3n) is 4.39. The van der Waals surface area contributed by atoms with E-state index >= 15 is 0 Å². The first kappa shape index (κ1) is 14.4. The van der Waals surface area contributed by atoms with Crippen LogP contribution in [0.3, 0.4) is 0 Å². The van der Waals surface area contributed by atoms with E-state index in [-0.39, 0.29) is 22.9 Å². The number of nitrogens with one attached hydrogen (secondary N) is 1. The van der Waals surface area contributed by atoms with Crippen molar-refractivity contribution in [3.8, 4) is 5.75 Å². The van der Waals surface area contributed by atoms with Crippen LogP contribution in [-0.2, 0) is 13.0 Å². The highest BCUT2D eigenvalue weighted by Crippen LogP contribution is 2.25. The van der Waals surface area contributed by atoms with Crippen molar-refractivity contribution in [3.63, 3.8) is 0 Å². The third-order valence-corrected chi connectivity index (χ3v) is 4.39. The van der Waals surface area contributed by atoms with E-state index in [0.717, 1.165) is 17.5 Å². The summed E-state index contributed by atoms with van der Waals surface area (Å²) in [6, 6.07) is 12.2. The minimum absolute atomic E-state index is 0.190. The number of fused-ring (bicyclic) bond motifs is 2. The smallest absolute Gasteiger partial charge is 0.275 e. The zero-order valence-electron chi connectivity index (χ0n) is 12.8. The lowest BCUT2D eigenvalue weighted by atomic mass is 9.99. The van der Waals surface area contributed by atoms with Gasteiger partial charge in [0.15, 0.2) is 5.69 Å². The van der Waals surface area contributed by atoms with E-state index in [4.69, 9.17) is 0 Å². The highest BCUT2D eigenvalue weighted by Gasteiger charge is 2.24. The summed E-state index contributed by atoms with van der Waals surface area (Å²) >= 11 is 0. The van der Waals surface area contributed by atoms with Gasteiger partial charge in [-0.25, -0.2) is 5.10 Å². The molecule has 1 aliphatic rings. The molecule has 0 radical (unpaired) electrons. The Balaban J connectivity index is 1.73. The highest BCUT2D eigenvalue weighted by atomic mass is 16.3. The van der Waals surface area contributed by atoms with Gasteiger partial charge in [-0.05, 0) is 35.7 Å². The number of phenolic OH excluding ortho intramolecular Hbond substituents is 1. The second-order valence-electron chi connectivity index (χ2n) is 5.88. The lowest BCUT2D eigenvalue weighted by Crippen LogP contribution is -2.37. The van der Waals surface area contributed by atoms with E-state index in [1.807, 2.05) is 6.07 Å². The number of H-pyrrole nitrogens is 1. The van der Waals surface area contributed by atoms with Crippen LogP contribution in [0.4, 0.5) is 0 Å². The molecule has 2 N–H and O–H groups in total. The average Bonchev–Trinajstić information content (AvgIpc) is 2.61. The van der Waals surface area contributed by atoms with Crippen molar-refractivity contribution in [2.75, 3.05) is 6.54 Å². The van der Waals surface area contributed by atoms with E-state index in [1.165, 1.54) is 0 Å². The second-order valence-corrected chi connectivity index (χ2v) is 5.88. The number of hydrogen-bond donors (Lipinski definition) is 2. The fourth-order valence-electron chi connectivity index (χ4n) is 3.14. The number of aromatic hydroxyl groups is 1. The number of carbonyl (C=O) groups is 1. The molecule has 120 valence electrons. The van der Waals surface area contributed by atoms with E-state index in [2.05, 4.69) is 10.2 Å². The Morgan fingerprint density at radius 1 is 1.12 bits per heavy atom. The van der Waals surface area contributed by atoms with Crippen LogP contribution in [0.2, 0.25) is 0 Å². The predicted octanol–water partition coefficient (Wildman–Crippen LogP) is 1.83. The molecule has 3 aromatic rings. The number of carbonyl (C=O) groups excluding carboxylic acids is 1. The average molecular weight is 321 g/mol. The van der Waals surface area contributed by atoms with Crippen LogP contribution >= 0.6 is 0 Å². The Kier molecular flexibility index (Phi) is 3.30. The SMILES string of the molecule is O=C(c1n[nH]c(=O)c2ccccc12)N1CCc2ccc(O)cc2C1. The van der Waals surface area contributed by atoms with E-state index in [9.17, 15) is 14.7 Å². The van der Waals surface area contributed by atoms with Gasteiger partial charge in [-0.3, -0.25) is 9.59 Å². The molecule has 0 atom stereocenters. The molecule has 0 aliphatic carbocycles. The Morgan fingerprint density at radius 3 is 2.75 bits per heavy atom. The van der Waals surface area contributed by atoms with Gasteiger partial charge in [0.25, 0.3) is 11.5 Å². The maximum absolute atomic E-state index is 12.9. The first-order valence-electron chi connectivity index (χ1n) is 7.71. The summed E-state index contributed by atoms with van der Waals surface area (Å²) in [4.78, 5) is 26.4. The number of hydrogen-bond acceptors (Lipinski definition) is 4. The first-order valence-corrected chi connectivity index (χ1v) is 7.71. The summed E-state index contributed by atoms with van der Waals surface area (Å²) in [7, 11) is 0. The van der Waals surface area contributed by atoms with Gasteiger partial charge in [0, 0.05) is 18.5 Å². The van der Waals surface area contributed by atoms with Crippen LogP contribution in [0.15, 0.2) is 47.3 Å². The van der Waals surface area contributed by atoms with Crippen LogP contribution in [0.1, 0.15) is 21.6 Å². The van der Waals surface area contributed by atoms with Gasteiger partial charge in [0.05, 0.1) is 5.39 Å². The number of aromatic amines is 1. The molecule has 6 heteroatoms. The van der Waals surface area contributed by atoms with Gasteiger partial charge in [0.2, 0.25) is 0 Å². The van der Waals surface area contributed by atoms with Crippen LogP contribution in [0, 0.1) is 0 Å². The zero-order valence-corrected chi connectivity index (χ0v) is 12.8. The van der Waals surface area contributed by atoms with Crippen LogP contribution < -0.4 is 5.56 Å². The molecule has 0 bridgehead atoms. The third kappa shape index (κ3) is 2.32. The molecule has 24 heavy (non-hydrogen) atoms. The second kappa shape index (κ2) is 5.49. The van der Waals surface area contributed by atoms with Crippen LogP contribution in [0.5, 0.6) is 5.75 Å². The number of aromatic nitrogens is 2. The number of rotatable bonds is 1. The number of amides is 1. The van der Waals surface area contributed by atoms with Crippen molar-refractivity contribution in [2.24, 2.45) is 0 Å². The molecule has 6 nitrogen and oxygen atoms in total. The minimum atomic E-state index is -0.309. The van der Waals surface area contributed by atoms with Crippen molar-refractivity contribution in [1.29, 1.82) is 0 Å². The predicted molar refractivity (Wildman–Crippen MR) is 88.9 cm³/mol. The summed E-state index contributed by atoms with van der Waals surface area (Å²) in [5.74, 6) is -0.0351. The number of benzene rings is 2. The summed E-state index contributed by atoms with van der Waals surface area (Å²) in [6.07, 6.45) is 0.725. The van der Waals surface area contributed by atoms with E-state index in [0.29, 0.717) is 23.9 Å². The molecule has 4 rings (SSSR count). The molecule has 0 saturated heterocycles. The molecular formula is C18H15N3O3. The van der Waals surface area contributed by atoms with Crippen molar-refractivity contribution < 1.29 is 9.90 Å². The Labute approximate surface area is 137 Å². The van der Waals surface area contributed by atoms with Gasteiger partial charge >= 0.3 is 0 Å². The summed E-state index contributed by atoms with van der Waals surface area (Å²) in [6.45, 7) is 0.990. The Morgan fingerprint density at radius 2 is 1.92 bits per heavy atom. The Bertz CT molecular complexity index is 1010. The van der Waals surface area contributed by atoms with Gasteiger partial charge in [-0.1, -0.05) is 24.3 Å². The summed E-state index contributed by atoms with van der Waals surface area (Å²) < 4.78 is 0. The summed E-state index contributed by atoms with van der Waals surface area (Å²) in [5, 5.41) is 17.0. The van der Waals surface area contributed by atoms with Crippen molar-refractivity contribution in [1.82, 2.24) is 15.1 Å². The molecular weight excluding hydrogens is 306 g/mol.